The SMILES string of the molecule is CCCNC(C)c1cc(F)ccc1OCCCOC. The molecule has 0 heterocycles. The van der Waals surface area contributed by atoms with Crippen LogP contribution >= 0.6 is 0 Å². The summed E-state index contributed by atoms with van der Waals surface area (Å²) in [4.78, 5) is 0. The van der Waals surface area contributed by atoms with Gasteiger partial charge in [-0.3, -0.25) is 0 Å². The largest absolute Gasteiger partial charge is 0.493 e. The molecule has 1 aromatic carbocycles. The van der Waals surface area contributed by atoms with Crippen molar-refractivity contribution in [2.24, 2.45) is 0 Å². The van der Waals surface area contributed by atoms with Gasteiger partial charge in [-0.25, -0.2) is 4.39 Å². The zero-order valence-corrected chi connectivity index (χ0v) is 12.0. The van der Waals surface area contributed by atoms with Crippen LogP contribution in [0.3, 0.4) is 0 Å². The lowest BCUT2D eigenvalue weighted by Gasteiger charge is -2.18. The van der Waals surface area contributed by atoms with Gasteiger partial charge < -0.3 is 14.8 Å². The van der Waals surface area contributed by atoms with E-state index in [9.17, 15) is 4.39 Å². The number of hydrogen-bond donors (Lipinski definition) is 1. The summed E-state index contributed by atoms with van der Waals surface area (Å²) in [5, 5.41) is 3.35. The Balaban J connectivity index is 2.67. The molecular formula is C15H24FNO2. The minimum Gasteiger partial charge on any atom is -0.493 e. The molecule has 0 saturated heterocycles. The maximum atomic E-state index is 13.4. The van der Waals surface area contributed by atoms with Crippen molar-refractivity contribution >= 4 is 0 Å². The van der Waals surface area contributed by atoms with Gasteiger partial charge in [0, 0.05) is 31.7 Å². The van der Waals surface area contributed by atoms with E-state index in [1.165, 1.54) is 6.07 Å². The van der Waals surface area contributed by atoms with Crippen LogP contribution in [0.2, 0.25) is 0 Å². The quantitative estimate of drug-likeness (QED) is 0.698. The summed E-state index contributed by atoms with van der Waals surface area (Å²) in [5.74, 6) is 0.512. The predicted molar refractivity (Wildman–Crippen MR) is 75.1 cm³/mol. The number of methoxy groups -OCH3 is 1. The Labute approximate surface area is 115 Å². The minimum atomic E-state index is -0.232. The van der Waals surface area contributed by atoms with E-state index in [-0.39, 0.29) is 11.9 Å². The van der Waals surface area contributed by atoms with Crippen LogP contribution in [0.5, 0.6) is 5.75 Å². The van der Waals surface area contributed by atoms with E-state index in [4.69, 9.17) is 9.47 Å². The van der Waals surface area contributed by atoms with Crippen LogP contribution in [0.25, 0.3) is 0 Å². The third-order valence-electron chi connectivity index (χ3n) is 2.89. The molecule has 0 fully saturated rings. The van der Waals surface area contributed by atoms with Gasteiger partial charge in [-0.15, -0.1) is 0 Å². The van der Waals surface area contributed by atoms with Crippen LogP contribution in [-0.4, -0.2) is 26.9 Å². The summed E-state index contributed by atoms with van der Waals surface area (Å²) in [6.07, 6.45) is 1.87. The van der Waals surface area contributed by atoms with E-state index in [2.05, 4.69) is 12.2 Å². The van der Waals surface area contributed by atoms with Gasteiger partial charge in [0.2, 0.25) is 0 Å². The van der Waals surface area contributed by atoms with E-state index in [1.807, 2.05) is 6.92 Å². The minimum absolute atomic E-state index is 0.0769. The van der Waals surface area contributed by atoms with Gasteiger partial charge in [-0.2, -0.15) is 0 Å². The predicted octanol–water partition coefficient (Wildman–Crippen LogP) is 3.30. The summed E-state index contributed by atoms with van der Waals surface area (Å²) in [7, 11) is 1.67. The van der Waals surface area contributed by atoms with Crippen molar-refractivity contribution in [1.82, 2.24) is 5.32 Å². The summed E-state index contributed by atoms with van der Waals surface area (Å²) in [6, 6.07) is 4.75. The smallest absolute Gasteiger partial charge is 0.124 e. The van der Waals surface area contributed by atoms with Gasteiger partial charge in [0.25, 0.3) is 0 Å². The molecule has 19 heavy (non-hydrogen) atoms. The van der Waals surface area contributed by atoms with Crippen LogP contribution in [-0.2, 0) is 4.74 Å². The zero-order chi connectivity index (χ0) is 14.1. The van der Waals surface area contributed by atoms with Crippen molar-refractivity contribution < 1.29 is 13.9 Å². The van der Waals surface area contributed by atoms with Crippen LogP contribution < -0.4 is 10.1 Å². The van der Waals surface area contributed by atoms with E-state index >= 15 is 0 Å². The molecule has 0 aliphatic heterocycles. The van der Waals surface area contributed by atoms with E-state index in [0.29, 0.717) is 13.2 Å². The molecule has 0 bridgehead atoms. The highest BCUT2D eigenvalue weighted by Crippen LogP contribution is 2.26. The number of rotatable bonds is 9. The fourth-order valence-electron chi connectivity index (χ4n) is 1.85. The lowest BCUT2D eigenvalue weighted by molar-refractivity contribution is 0.171. The Kier molecular flexibility index (Phi) is 7.45. The summed E-state index contributed by atoms with van der Waals surface area (Å²) in [5.41, 5.74) is 0.867. The van der Waals surface area contributed by atoms with Crippen molar-refractivity contribution in [3.63, 3.8) is 0 Å². The highest BCUT2D eigenvalue weighted by molar-refractivity contribution is 5.36. The highest BCUT2D eigenvalue weighted by Gasteiger charge is 2.12. The Morgan fingerprint density at radius 2 is 2.11 bits per heavy atom. The monoisotopic (exact) mass is 269 g/mol. The van der Waals surface area contributed by atoms with Crippen molar-refractivity contribution in [2.45, 2.75) is 32.7 Å². The molecule has 0 radical (unpaired) electrons. The first-order valence-corrected chi connectivity index (χ1v) is 6.83. The standard InChI is InChI=1S/C15H24FNO2/c1-4-8-17-12(2)14-11-13(16)6-7-15(14)19-10-5-9-18-3/h6-7,11-12,17H,4-5,8-10H2,1-3H3. The van der Waals surface area contributed by atoms with Crippen LogP contribution in [0.4, 0.5) is 4.39 Å². The van der Waals surface area contributed by atoms with E-state index in [0.717, 1.165) is 30.7 Å². The van der Waals surface area contributed by atoms with Crippen molar-refractivity contribution in [3.05, 3.63) is 29.6 Å². The lowest BCUT2D eigenvalue weighted by atomic mass is 10.1. The summed E-state index contributed by atoms with van der Waals surface area (Å²) in [6.45, 7) is 6.27. The molecule has 1 atom stereocenters. The van der Waals surface area contributed by atoms with Gasteiger partial charge in [0.1, 0.15) is 11.6 Å². The Bertz CT molecular complexity index is 371. The van der Waals surface area contributed by atoms with Crippen LogP contribution in [0.15, 0.2) is 18.2 Å². The fraction of sp³-hybridized carbons (Fsp3) is 0.600. The number of benzene rings is 1. The average Bonchev–Trinajstić information content (AvgIpc) is 2.42. The Hall–Kier alpha value is -1.13. The number of ether oxygens (including phenoxy) is 2. The Morgan fingerprint density at radius 1 is 1.32 bits per heavy atom. The molecule has 1 aromatic rings. The molecule has 0 amide bonds. The first-order chi connectivity index (χ1) is 9.19. The number of hydrogen-bond acceptors (Lipinski definition) is 3. The molecule has 4 heteroatoms. The third-order valence-corrected chi connectivity index (χ3v) is 2.89. The molecule has 1 unspecified atom stereocenters. The van der Waals surface area contributed by atoms with Gasteiger partial charge in [-0.1, -0.05) is 6.92 Å². The van der Waals surface area contributed by atoms with Gasteiger partial charge in [-0.05, 0) is 38.1 Å². The maximum absolute atomic E-state index is 13.4. The first-order valence-electron chi connectivity index (χ1n) is 6.83. The number of nitrogens with one attached hydrogen (secondary N) is 1. The Morgan fingerprint density at radius 3 is 2.79 bits per heavy atom. The van der Waals surface area contributed by atoms with Crippen LogP contribution in [0.1, 0.15) is 38.3 Å². The van der Waals surface area contributed by atoms with Crippen molar-refractivity contribution in [2.75, 3.05) is 26.9 Å². The van der Waals surface area contributed by atoms with Gasteiger partial charge in [0.05, 0.1) is 6.61 Å². The first kappa shape index (κ1) is 15.9. The molecule has 0 spiro atoms. The van der Waals surface area contributed by atoms with Crippen molar-refractivity contribution in [3.8, 4) is 5.75 Å². The van der Waals surface area contributed by atoms with Crippen LogP contribution in [0, 0.1) is 5.82 Å². The normalized spacial score (nSPS) is 12.4. The molecule has 108 valence electrons. The molecule has 0 aromatic heterocycles. The number of halogens is 1. The highest BCUT2D eigenvalue weighted by atomic mass is 19.1. The van der Waals surface area contributed by atoms with E-state index in [1.54, 1.807) is 19.2 Å². The molecule has 0 saturated carbocycles. The molecule has 1 rings (SSSR count). The fourth-order valence-corrected chi connectivity index (χ4v) is 1.85. The second kappa shape index (κ2) is 8.88. The lowest BCUT2D eigenvalue weighted by Crippen LogP contribution is -2.20. The van der Waals surface area contributed by atoms with Gasteiger partial charge in [0.15, 0.2) is 0 Å². The average molecular weight is 269 g/mol. The third kappa shape index (κ3) is 5.57. The maximum Gasteiger partial charge on any atom is 0.124 e. The van der Waals surface area contributed by atoms with Gasteiger partial charge >= 0.3 is 0 Å². The topological polar surface area (TPSA) is 30.5 Å². The summed E-state index contributed by atoms with van der Waals surface area (Å²) >= 11 is 0. The van der Waals surface area contributed by atoms with E-state index < -0.39 is 0 Å². The molecule has 0 aliphatic rings. The second-order valence-corrected chi connectivity index (χ2v) is 4.55. The van der Waals surface area contributed by atoms with Crippen molar-refractivity contribution in [1.29, 1.82) is 0 Å². The zero-order valence-electron chi connectivity index (χ0n) is 12.0. The molecule has 1 N–H and O–H groups in total. The molecule has 0 aliphatic carbocycles. The molecular weight excluding hydrogens is 245 g/mol. The summed E-state index contributed by atoms with van der Waals surface area (Å²) < 4.78 is 24.1. The second-order valence-electron chi connectivity index (χ2n) is 4.55. The molecule has 3 nitrogen and oxygen atoms in total.